The number of anilines is 1. The van der Waals surface area contributed by atoms with E-state index in [0.29, 0.717) is 22.7 Å². The molecule has 1 fully saturated rings. The van der Waals surface area contributed by atoms with E-state index >= 15 is 0 Å². The minimum atomic E-state index is -0.810. The summed E-state index contributed by atoms with van der Waals surface area (Å²) in [5, 5.41) is 2.16. The Balaban J connectivity index is 2.01. The number of methoxy groups -OCH3 is 2. The average molecular weight is 353 g/mol. The zero-order valence-electron chi connectivity index (χ0n) is 14.1. The van der Waals surface area contributed by atoms with E-state index in [1.54, 1.807) is 18.2 Å². The van der Waals surface area contributed by atoms with Crippen molar-refractivity contribution in [2.24, 2.45) is 0 Å². The van der Waals surface area contributed by atoms with Gasteiger partial charge >= 0.3 is 6.03 Å². The molecule has 3 rings (SSSR count). The third-order valence-corrected chi connectivity index (χ3v) is 3.74. The fourth-order valence-electron chi connectivity index (χ4n) is 2.49. The Bertz CT molecular complexity index is 908. The number of amides is 4. The topological polar surface area (TPSA) is 97.8 Å². The van der Waals surface area contributed by atoms with Gasteiger partial charge in [0.15, 0.2) is 11.5 Å². The fraction of sp³-hybridized carbons (Fsp3) is 0.111. The number of urea groups is 1. The van der Waals surface area contributed by atoms with Crippen molar-refractivity contribution in [3.8, 4) is 11.5 Å². The maximum absolute atomic E-state index is 12.7. The van der Waals surface area contributed by atoms with E-state index < -0.39 is 17.8 Å². The predicted octanol–water partition coefficient (Wildman–Crippen LogP) is 1.77. The molecule has 0 spiro atoms. The van der Waals surface area contributed by atoms with E-state index in [9.17, 15) is 14.4 Å². The first-order chi connectivity index (χ1) is 12.5. The molecule has 0 aliphatic carbocycles. The molecule has 0 unspecified atom stereocenters. The Morgan fingerprint density at radius 1 is 1.00 bits per heavy atom. The van der Waals surface area contributed by atoms with Gasteiger partial charge in [-0.15, -0.1) is 0 Å². The summed E-state index contributed by atoms with van der Waals surface area (Å²) in [5.41, 5.74) is 0.687. The van der Waals surface area contributed by atoms with E-state index in [1.807, 2.05) is 0 Å². The Hall–Kier alpha value is -3.68. The van der Waals surface area contributed by atoms with E-state index in [0.717, 1.165) is 4.90 Å². The fourth-order valence-corrected chi connectivity index (χ4v) is 2.49. The number of aromatic nitrogens is 1. The van der Waals surface area contributed by atoms with Crippen molar-refractivity contribution in [3.63, 3.8) is 0 Å². The molecule has 1 aromatic carbocycles. The van der Waals surface area contributed by atoms with Crippen molar-refractivity contribution in [3.05, 3.63) is 53.9 Å². The first-order valence-electron chi connectivity index (χ1n) is 7.58. The molecule has 0 radical (unpaired) electrons. The highest BCUT2D eigenvalue weighted by atomic mass is 16.5. The molecule has 2 aromatic rings. The minimum absolute atomic E-state index is 0.173. The second kappa shape index (κ2) is 7.06. The summed E-state index contributed by atoms with van der Waals surface area (Å²) in [6.45, 7) is 0. The number of hydrogen-bond acceptors (Lipinski definition) is 6. The van der Waals surface area contributed by atoms with Crippen LogP contribution >= 0.6 is 0 Å². The van der Waals surface area contributed by atoms with Crippen LogP contribution in [0.2, 0.25) is 0 Å². The van der Waals surface area contributed by atoms with Gasteiger partial charge in [-0.05, 0) is 35.9 Å². The van der Waals surface area contributed by atoms with Gasteiger partial charge < -0.3 is 9.47 Å². The van der Waals surface area contributed by atoms with E-state index in [2.05, 4.69) is 10.3 Å². The van der Waals surface area contributed by atoms with Crippen LogP contribution in [0.15, 0.2) is 48.3 Å². The number of carbonyl (C=O) groups excluding carboxylic acids is 3. The van der Waals surface area contributed by atoms with Crippen LogP contribution in [0.4, 0.5) is 10.5 Å². The second-order valence-corrected chi connectivity index (χ2v) is 5.28. The molecule has 8 heteroatoms. The number of nitrogens with zero attached hydrogens (tertiary/aromatic N) is 2. The molecule has 8 nitrogen and oxygen atoms in total. The predicted molar refractivity (Wildman–Crippen MR) is 92.8 cm³/mol. The number of pyridine rings is 1. The Kier molecular flexibility index (Phi) is 4.66. The summed E-state index contributed by atoms with van der Waals surface area (Å²) in [5.74, 6) is -0.518. The van der Waals surface area contributed by atoms with Crippen molar-refractivity contribution >= 4 is 29.6 Å². The molecule has 1 saturated heterocycles. The Morgan fingerprint density at radius 3 is 2.35 bits per heavy atom. The molecule has 0 atom stereocenters. The summed E-state index contributed by atoms with van der Waals surface area (Å²) in [4.78, 5) is 41.7. The zero-order valence-corrected chi connectivity index (χ0v) is 14.1. The van der Waals surface area contributed by atoms with Crippen LogP contribution in [-0.2, 0) is 9.59 Å². The molecule has 1 N–H and O–H groups in total. The van der Waals surface area contributed by atoms with Crippen LogP contribution in [0.25, 0.3) is 6.08 Å². The quantitative estimate of drug-likeness (QED) is 0.664. The number of benzene rings is 1. The lowest BCUT2D eigenvalue weighted by atomic mass is 10.1. The standard InChI is InChI=1S/C18H15N3O5/c1-25-14-4-3-11(10-15(14)26-2)9-13-16(22)20-18(24)21(17(13)23)12-5-7-19-8-6-12/h3-10H,1-2H3,(H,20,22,24)/b13-9+. The van der Waals surface area contributed by atoms with Gasteiger partial charge in [-0.1, -0.05) is 6.07 Å². The maximum Gasteiger partial charge on any atom is 0.335 e. The van der Waals surface area contributed by atoms with E-state index in [-0.39, 0.29) is 5.57 Å². The molecule has 0 bridgehead atoms. The molecule has 2 heterocycles. The van der Waals surface area contributed by atoms with Crippen LogP contribution in [-0.4, -0.2) is 37.0 Å². The van der Waals surface area contributed by atoms with Gasteiger partial charge in [0.05, 0.1) is 19.9 Å². The Labute approximate surface area is 149 Å². The number of barbiturate groups is 1. The van der Waals surface area contributed by atoms with Crippen LogP contribution < -0.4 is 19.7 Å². The van der Waals surface area contributed by atoms with Gasteiger partial charge in [0, 0.05) is 12.4 Å². The molecule has 26 heavy (non-hydrogen) atoms. The number of nitrogens with one attached hydrogen (secondary N) is 1. The molecule has 1 aliphatic heterocycles. The van der Waals surface area contributed by atoms with Crippen molar-refractivity contribution in [2.45, 2.75) is 0 Å². The number of rotatable bonds is 4. The van der Waals surface area contributed by atoms with Crippen molar-refractivity contribution in [1.82, 2.24) is 10.3 Å². The first-order valence-corrected chi connectivity index (χ1v) is 7.58. The highest BCUT2D eigenvalue weighted by molar-refractivity contribution is 6.39. The van der Waals surface area contributed by atoms with Gasteiger partial charge in [0.25, 0.3) is 11.8 Å². The number of hydrogen-bond donors (Lipinski definition) is 1. The van der Waals surface area contributed by atoms with Crippen LogP contribution in [0.5, 0.6) is 11.5 Å². The lowest BCUT2D eigenvalue weighted by Crippen LogP contribution is -2.54. The number of ether oxygens (including phenoxy) is 2. The molecule has 0 saturated carbocycles. The highest BCUT2D eigenvalue weighted by Crippen LogP contribution is 2.29. The summed E-state index contributed by atoms with van der Waals surface area (Å²) >= 11 is 0. The largest absolute Gasteiger partial charge is 0.493 e. The number of imide groups is 2. The van der Waals surface area contributed by atoms with E-state index in [4.69, 9.17) is 9.47 Å². The molecule has 1 aliphatic rings. The molecule has 132 valence electrons. The third-order valence-electron chi connectivity index (χ3n) is 3.74. The molecular formula is C18H15N3O5. The van der Waals surface area contributed by atoms with Gasteiger partial charge in [0.1, 0.15) is 5.57 Å². The summed E-state index contributed by atoms with van der Waals surface area (Å²) in [6.07, 6.45) is 4.29. The third kappa shape index (κ3) is 3.12. The van der Waals surface area contributed by atoms with Crippen molar-refractivity contribution in [1.29, 1.82) is 0 Å². The lowest BCUT2D eigenvalue weighted by Gasteiger charge is -2.26. The molecular weight excluding hydrogens is 338 g/mol. The summed E-state index contributed by atoms with van der Waals surface area (Å²) in [7, 11) is 2.99. The van der Waals surface area contributed by atoms with Crippen LogP contribution in [0.1, 0.15) is 5.56 Å². The second-order valence-electron chi connectivity index (χ2n) is 5.28. The average Bonchev–Trinajstić information content (AvgIpc) is 2.65. The minimum Gasteiger partial charge on any atom is -0.493 e. The number of carbonyl (C=O) groups is 3. The van der Waals surface area contributed by atoms with Crippen molar-refractivity contribution < 1.29 is 23.9 Å². The van der Waals surface area contributed by atoms with Crippen LogP contribution in [0.3, 0.4) is 0 Å². The zero-order chi connectivity index (χ0) is 18.7. The summed E-state index contributed by atoms with van der Waals surface area (Å²) < 4.78 is 10.4. The SMILES string of the molecule is COc1ccc(/C=C2\C(=O)NC(=O)N(c3ccncc3)C2=O)cc1OC. The normalized spacial score (nSPS) is 15.8. The van der Waals surface area contributed by atoms with Gasteiger partial charge in [-0.2, -0.15) is 0 Å². The van der Waals surface area contributed by atoms with Gasteiger partial charge in [-0.25, -0.2) is 9.69 Å². The lowest BCUT2D eigenvalue weighted by molar-refractivity contribution is -0.122. The Morgan fingerprint density at radius 2 is 1.69 bits per heavy atom. The maximum atomic E-state index is 12.7. The van der Waals surface area contributed by atoms with Crippen LogP contribution in [0, 0.1) is 0 Å². The first kappa shape index (κ1) is 17.2. The monoisotopic (exact) mass is 353 g/mol. The summed E-state index contributed by atoms with van der Waals surface area (Å²) in [6, 6.07) is 7.14. The van der Waals surface area contributed by atoms with E-state index in [1.165, 1.54) is 44.8 Å². The smallest absolute Gasteiger partial charge is 0.335 e. The molecule has 4 amide bonds. The van der Waals surface area contributed by atoms with Crippen molar-refractivity contribution in [2.75, 3.05) is 19.1 Å². The highest BCUT2D eigenvalue weighted by Gasteiger charge is 2.36. The van der Waals surface area contributed by atoms with Gasteiger partial charge in [0.2, 0.25) is 0 Å². The van der Waals surface area contributed by atoms with Gasteiger partial charge in [-0.3, -0.25) is 19.9 Å². The molecule has 1 aromatic heterocycles.